The molecule has 0 aliphatic rings. The number of carbonyl (C=O) groups excluding carboxylic acids is 2. The van der Waals surface area contributed by atoms with E-state index in [4.69, 9.17) is 4.74 Å². The molecule has 0 aliphatic heterocycles. The number of rotatable bonds is 7. The van der Waals surface area contributed by atoms with Crippen LogP contribution in [0.3, 0.4) is 0 Å². The molecule has 22 heavy (non-hydrogen) atoms. The second kappa shape index (κ2) is 7.26. The van der Waals surface area contributed by atoms with Crippen LogP contribution in [0.1, 0.15) is 16.8 Å². The van der Waals surface area contributed by atoms with Gasteiger partial charge in [-0.3, -0.25) is 4.79 Å². The highest BCUT2D eigenvalue weighted by molar-refractivity contribution is 5.99. The molecule has 0 saturated carbocycles. The van der Waals surface area contributed by atoms with Crippen molar-refractivity contribution in [2.45, 2.75) is 12.5 Å². The Morgan fingerprint density at radius 2 is 1.73 bits per heavy atom. The third-order valence-corrected chi connectivity index (χ3v) is 3.21. The van der Waals surface area contributed by atoms with Crippen LogP contribution >= 0.6 is 0 Å². The van der Waals surface area contributed by atoms with Gasteiger partial charge in [-0.25, -0.2) is 0 Å². The Morgan fingerprint density at radius 3 is 2.36 bits per heavy atom. The van der Waals surface area contributed by atoms with Crippen LogP contribution in [0.25, 0.3) is 0 Å². The monoisotopic (exact) mass is 298 g/mol. The van der Waals surface area contributed by atoms with Crippen LogP contribution in [0.15, 0.2) is 54.6 Å². The number of para-hydroxylation sites is 2. The number of ether oxygens (including phenoxy) is 1. The number of ketones is 1. The lowest BCUT2D eigenvalue weighted by Gasteiger charge is -2.21. The zero-order valence-electron chi connectivity index (χ0n) is 12.1. The minimum absolute atomic E-state index is 0.204. The molecule has 0 radical (unpaired) electrons. The van der Waals surface area contributed by atoms with Crippen LogP contribution in [-0.2, 0) is 4.79 Å². The van der Waals surface area contributed by atoms with E-state index in [2.05, 4.69) is 5.32 Å². The normalized spacial score (nSPS) is 11.5. The molecule has 0 aliphatic carbocycles. The summed E-state index contributed by atoms with van der Waals surface area (Å²) in [6.45, 7) is 0. The number of benzene rings is 2. The van der Waals surface area contributed by atoms with Crippen LogP contribution in [0.2, 0.25) is 0 Å². The minimum Gasteiger partial charge on any atom is -0.548 e. The quantitative estimate of drug-likeness (QED) is 0.784. The van der Waals surface area contributed by atoms with Gasteiger partial charge >= 0.3 is 0 Å². The Hall–Kier alpha value is -2.82. The number of nitrogens with one attached hydrogen (secondary N) is 1. The first-order chi connectivity index (χ1) is 10.6. The Bertz CT molecular complexity index is 655. The van der Waals surface area contributed by atoms with E-state index in [1.807, 2.05) is 0 Å². The highest BCUT2D eigenvalue weighted by Gasteiger charge is 2.17. The van der Waals surface area contributed by atoms with Gasteiger partial charge in [0.25, 0.3) is 0 Å². The van der Waals surface area contributed by atoms with Crippen LogP contribution in [0, 0.1) is 0 Å². The second-order valence-electron chi connectivity index (χ2n) is 4.71. The standard InChI is InChI=1S/C17H17NO4/c1-22-16-10-6-5-9-13(16)18-14(17(20)21)11-15(19)12-7-3-2-4-8-12/h2-10,14,18H,11H2,1H3,(H,20,21)/p-1/t14-/m1/s1. The van der Waals surface area contributed by atoms with Crippen molar-refractivity contribution in [2.24, 2.45) is 0 Å². The first-order valence-corrected chi connectivity index (χ1v) is 6.80. The fraction of sp³-hybridized carbons (Fsp3) is 0.176. The maximum atomic E-state index is 12.1. The number of hydrogen-bond donors (Lipinski definition) is 1. The Morgan fingerprint density at radius 1 is 1.09 bits per heavy atom. The first kappa shape index (κ1) is 15.6. The summed E-state index contributed by atoms with van der Waals surface area (Å²) < 4.78 is 5.15. The summed E-state index contributed by atoms with van der Waals surface area (Å²) in [4.78, 5) is 23.4. The Kier molecular flexibility index (Phi) is 5.14. The molecule has 2 aromatic carbocycles. The van der Waals surface area contributed by atoms with E-state index in [0.717, 1.165) is 0 Å². The summed E-state index contributed by atoms with van der Waals surface area (Å²) in [6, 6.07) is 14.3. The lowest BCUT2D eigenvalue weighted by atomic mass is 10.0. The second-order valence-corrected chi connectivity index (χ2v) is 4.71. The molecule has 0 heterocycles. The van der Waals surface area contributed by atoms with E-state index < -0.39 is 12.0 Å². The van der Waals surface area contributed by atoms with Gasteiger partial charge in [0.05, 0.1) is 24.8 Å². The maximum Gasteiger partial charge on any atom is 0.165 e. The molecule has 5 nitrogen and oxygen atoms in total. The summed E-state index contributed by atoms with van der Waals surface area (Å²) in [7, 11) is 1.49. The summed E-state index contributed by atoms with van der Waals surface area (Å²) >= 11 is 0. The molecule has 0 unspecified atom stereocenters. The van der Waals surface area contributed by atoms with Gasteiger partial charge in [-0.05, 0) is 12.1 Å². The predicted octanol–water partition coefficient (Wildman–Crippen LogP) is 1.50. The van der Waals surface area contributed by atoms with Crippen molar-refractivity contribution in [1.29, 1.82) is 0 Å². The predicted molar refractivity (Wildman–Crippen MR) is 80.8 cm³/mol. The molecule has 0 aromatic heterocycles. The average Bonchev–Trinajstić information content (AvgIpc) is 2.55. The van der Waals surface area contributed by atoms with Crippen molar-refractivity contribution >= 4 is 17.4 Å². The Balaban J connectivity index is 2.14. The maximum absolute atomic E-state index is 12.1. The third-order valence-electron chi connectivity index (χ3n) is 3.21. The van der Waals surface area contributed by atoms with Crippen LogP contribution in [0.5, 0.6) is 5.75 Å². The topological polar surface area (TPSA) is 78.5 Å². The highest BCUT2D eigenvalue weighted by Crippen LogP contribution is 2.24. The van der Waals surface area contributed by atoms with Crippen LogP contribution in [-0.4, -0.2) is 24.9 Å². The van der Waals surface area contributed by atoms with Crippen molar-refractivity contribution in [3.8, 4) is 5.75 Å². The molecule has 5 heteroatoms. The molecule has 1 N–H and O–H groups in total. The van der Waals surface area contributed by atoms with Crippen LogP contribution in [0.4, 0.5) is 5.69 Å². The molecule has 2 rings (SSSR count). The Labute approximate surface area is 128 Å². The number of aliphatic carboxylic acids is 1. The summed E-state index contributed by atoms with van der Waals surface area (Å²) in [5, 5.41) is 14.1. The molecule has 0 amide bonds. The van der Waals surface area contributed by atoms with E-state index in [0.29, 0.717) is 17.0 Å². The van der Waals surface area contributed by atoms with Gasteiger partial charge in [-0.1, -0.05) is 42.5 Å². The largest absolute Gasteiger partial charge is 0.548 e. The number of carboxylic acids is 1. The van der Waals surface area contributed by atoms with Gasteiger partial charge in [0.2, 0.25) is 0 Å². The lowest BCUT2D eigenvalue weighted by Crippen LogP contribution is -2.42. The number of hydrogen-bond acceptors (Lipinski definition) is 5. The van der Waals surface area contributed by atoms with Crippen molar-refractivity contribution in [3.63, 3.8) is 0 Å². The van der Waals surface area contributed by atoms with Gasteiger partial charge in [-0.2, -0.15) is 0 Å². The SMILES string of the molecule is COc1ccccc1N[C@H](CC(=O)c1ccccc1)C(=O)[O-]. The molecular formula is C17H16NO4-. The van der Waals surface area contributed by atoms with E-state index in [-0.39, 0.29) is 12.2 Å². The van der Waals surface area contributed by atoms with Gasteiger partial charge < -0.3 is 20.0 Å². The van der Waals surface area contributed by atoms with E-state index >= 15 is 0 Å². The molecule has 114 valence electrons. The van der Waals surface area contributed by atoms with Gasteiger partial charge in [0.15, 0.2) is 5.78 Å². The zero-order chi connectivity index (χ0) is 15.9. The number of anilines is 1. The minimum atomic E-state index is -1.34. The van der Waals surface area contributed by atoms with Crippen molar-refractivity contribution < 1.29 is 19.4 Å². The summed E-state index contributed by atoms with van der Waals surface area (Å²) in [5.41, 5.74) is 0.968. The van der Waals surface area contributed by atoms with Crippen molar-refractivity contribution in [3.05, 3.63) is 60.2 Å². The number of Topliss-reactive ketones (excluding diaryl/α,β-unsaturated/α-hetero) is 1. The van der Waals surface area contributed by atoms with Gasteiger partial charge in [-0.15, -0.1) is 0 Å². The van der Waals surface area contributed by atoms with E-state index in [9.17, 15) is 14.7 Å². The molecule has 0 fully saturated rings. The molecule has 0 spiro atoms. The van der Waals surface area contributed by atoms with E-state index in [1.54, 1.807) is 54.6 Å². The fourth-order valence-electron chi connectivity index (χ4n) is 2.07. The third kappa shape index (κ3) is 3.85. The first-order valence-electron chi connectivity index (χ1n) is 6.80. The number of carbonyl (C=O) groups is 2. The summed E-state index contributed by atoms with van der Waals surface area (Å²) in [6.07, 6.45) is -0.204. The number of carboxylic acid groups (broad SMARTS) is 1. The smallest absolute Gasteiger partial charge is 0.165 e. The zero-order valence-corrected chi connectivity index (χ0v) is 12.1. The summed E-state index contributed by atoms with van der Waals surface area (Å²) in [5.74, 6) is -1.10. The molecule has 1 atom stereocenters. The molecular weight excluding hydrogens is 282 g/mol. The highest BCUT2D eigenvalue weighted by atomic mass is 16.5. The molecule has 0 bridgehead atoms. The van der Waals surface area contributed by atoms with E-state index in [1.165, 1.54) is 7.11 Å². The van der Waals surface area contributed by atoms with Gasteiger partial charge in [0.1, 0.15) is 5.75 Å². The van der Waals surface area contributed by atoms with Gasteiger partial charge in [0, 0.05) is 12.0 Å². The number of methoxy groups -OCH3 is 1. The lowest BCUT2D eigenvalue weighted by molar-refractivity contribution is -0.306. The average molecular weight is 298 g/mol. The van der Waals surface area contributed by atoms with Crippen molar-refractivity contribution in [1.82, 2.24) is 0 Å². The van der Waals surface area contributed by atoms with Crippen molar-refractivity contribution in [2.75, 3.05) is 12.4 Å². The molecule has 2 aromatic rings. The fourth-order valence-corrected chi connectivity index (χ4v) is 2.07. The molecule has 0 saturated heterocycles. The van der Waals surface area contributed by atoms with Crippen LogP contribution < -0.4 is 15.2 Å².